The van der Waals surface area contributed by atoms with E-state index >= 15 is 0 Å². The van der Waals surface area contributed by atoms with Crippen LogP contribution in [0.15, 0.2) is 48.5 Å². The summed E-state index contributed by atoms with van der Waals surface area (Å²) < 4.78 is 10.7. The molecule has 0 aliphatic heterocycles. The van der Waals surface area contributed by atoms with Gasteiger partial charge in [-0.15, -0.1) is 0 Å². The Morgan fingerprint density at radius 1 is 1.08 bits per heavy atom. The Morgan fingerprint density at radius 2 is 1.77 bits per heavy atom. The molecule has 5 heteroatoms. The van der Waals surface area contributed by atoms with Crippen molar-refractivity contribution in [1.82, 2.24) is 5.32 Å². The summed E-state index contributed by atoms with van der Waals surface area (Å²) in [6.45, 7) is 6.83. The maximum atomic E-state index is 12.2. The Balaban J connectivity index is 1.92. The van der Waals surface area contributed by atoms with Crippen molar-refractivity contribution >= 4 is 11.7 Å². The molecule has 1 atom stereocenters. The largest absolute Gasteiger partial charge is 0.497 e. The molecular weight excluding hydrogens is 328 g/mol. The molecule has 0 heterocycles. The van der Waals surface area contributed by atoms with Crippen molar-refractivity contribution in [2.45, 2.75) is 32.3 Å². The second-order valence-corrected chi connectivity index (χ2v) is 7.16. The summed E-state index contributed by atoms with van der Waals surface area (Å²) in [4.78, 5) is 12.2. The topological polar surface area (TPSA) is 59.6 Å². The molecule has 0 saturated carbocycles. The highest BCUT2D eigenvalue weighted by molar-refractivity contribution is 5.89. The number of benzene rings is 2. The molecule has 0 aliphatic carbocycles. The van der Waals surface area contributed by atoms with Crippen molar-refractivity contribution in [3.63, 3.8) is 0 Å². The van der Waals surface area contributed by atoms with Crippen LogP contribution >= 0.6 is 0 Å². The van der Waals surface area contributed by atoms with Gasteiger partial charge in [0.15, 0.2) is 0 Å². The molecule has 26 heavy (non-hydrogen) atoms. The number of urea groups is 1. The first-order chi connectivity index (χ1) is 12.3. The van der Waals surface area contributed by atoms with E-state index in [0.717, 1.165) is 17.0 Å². The number of carbonyl (C=O) groups excluding carboxylic acids is 1. The summed E-state index contributed by atoms with van der Waals surface area (Å²) in [6.07, 6.45) is -0.251. The number of rotatable bonds is 6. The van der Waals surface area contributed by atoms with Crippen LogP contribution in [0.5, 0.6) is 5.75 Å². The number of hydrogen-bond donors (Lipinski definition) is 2. The zero-order chi connectivity index (χ0) is 19.2. The number of amides is 2. The first-order valence-corrected chi connectivity index (χ1v) is 8.65. The predicted molar refractivity (Wildman–Crippen MR) is 105 cm³/mol. The molecule has 0 radical (unpaired) electrons. The van der Waals surface area contributed by atoms with Crippen molar-refractivity contribution < 1.29 is 14.3 Å². The minimum absolute atomic E-state index is 0.0865. The summed E-state index contributed by atoms with van der Waals surface area (Å²) in [5.41, 5.74) is 3.01. The van der Waals surface area contributed by atoms with Gasteiger partial charge in [0.25, 0.3) is 0 Å². The number of hydrogen-bond acceptors (Lipinski definition) is 3. The highest BCUT2D eigenvalue weighted by Crippen LogP contribution is 2.24. The van der Waals surface area contributed by atoms with Crippen LogP contribution in [0.3, 0.4) is 0 Å². The Morgan fingerprint density at radius 3 is 2.35 bits per heavy atom. The van der Waals surface area contributed by atoms with Gasteiger partial charge >= 0.3 is 6.03 Å². The fraction of sp³-hybridized carbons (Fsp3) is 0.381. The molecule has 2 aromatic carbocycles. The lowest BCUT2D eigenvalue weighted by molar-refractivity contribution is 0.104. The van der Waals surface area contributed by atoms with Gasteiger partial charge in [0.05, 0.1) is 13.2 Å². The molecule has 0 bridgehead atoms. The quantitative estimate of drug-likeness (QED) is 0.801. The third-order valence-electron chi connectivity index (χ3n) is 4.21. The lowest BCUT2D eigenvalue weighted by Crippen LogP contribution is -2.33. The zero-order valence-corrected chi connectivity index (χ0v) is 16.1. The fourth-order valence-corrected chi connectivity index (χ4v) is 2.59. The van der Waals surface area contributed by atoms with E-state index in [1.54, 1.807) is 14.2 Å². The fourth-order valence-electron chi connectivity index (χ4n) is 2.59. The van der Waals surface area contributed by atoms with Gasteiger partial charge in [-0.3, -0.25) is 0 Å². The molecule has 140 valence electrons. The average molecular weight is 356 g/mol. The molecule has 2 amide bonds. The van der Waals surface area contributed by atoms with Crippen LogP contribution in [-0.4, -0.2) is 26.8 Å². The minimum atomic E-state index is -0.265. The van der Waals surface area contributed by atoms with Gasteiger partial charge in [-0.25, -0.2) is 4.79 Å². The number of methoxy groups -OCH3 is 2. The van der Waals surface area contributed by atoms with Gasteiger partial charge in [-0.05, 0) is 40.8 Å². The van der Waals surface area contributed by atoms with Gasteiger partial charge < -0.3 is 20.1 Å². The lowest BCUT2D eigenvalue weighted by atomic mass is 9.87. The van der Waals surface area contributed by atoms with E-state index in [1.165, 1.54) is 5.56 Å². The van der Waals surface area contributed by atoms with Gasteiger partial charge in [0.1, 0.15) is 5.75 Å². The highest BCUT2D eigenvalue weighted by Gasteiger charge is 2.15. The lowest BCUT2D eigenvalue weighted by Gasteiger charge is -2.19. The molecule has 2 rings (SSSR count). The molecule has 0 aliphatic rings. The van der Waals surface area contributed by atoms with E-state index in [4.69, 9.17) is 9.47 Å². The summed E-state index contributed by atoms with van der Waals surface area (Å²) >= 11 is 0. The summed E-state index contributed by atoms with van der Waals surface area (Å²) in [5.74, 6) is 0.757. The third-order valence-corrected chi connectivity index (χ3v) is 4.21. The van der Waals surface area contributed by atoms with E-state index in [9.17, 15) is 4.79 Å². The Bertz CT molecular complexity index is 721. The first-order valence-electron chi connectivity index (χ1n) is 8.65. The van der Waals surface area contributed by atoms with Crippen molar-refractivity contribution in [3.8, 4) is 5.75 Å². The van der Waals surface area contributed by atoms with Crippen molar-refractivity contribution in [2.24, 2.45) is 0 Å². The molecule has 2 aromatic rings. The molecule has 5 nitrogen and oxygen atoms in total. The van der Waals surface area contributed by atoms with Gasteiger partial charge in [0, 0.05) is 19.3 Å². The molecule has 0 aromatic heterocycles. The van der Waals surface area contributed by atoms with E-state index in [0.29, 0.717) is 6.54 Å². The van der Waals surface area contributed by atoms with Crippen LogP contribution in [0.4, 0.5) is 10.5 Å². The Hall–Kier alpha value is -2.53. The van der Waals surface area contributed by atoms with Crippen LogP contribution in [0.2, 0.25) is 0 Å². The van der Waals surface area contributed by atoms with Crippen LogP contribution in [-0.2, 0) is 10.2 Å². The van der Waals surface area contributed by atoms with Crippen LogP contribution in [0, 0.1) is 0 Å². The van der Waals surface area contributed by atoms with Crippen molar-refractivity contribution in [1.29, 1.82) is 0 Å². The predicted octanol–water partition coefficient (Wildman–Crippen LogP) is 4.50. The molecule has 2 N–H and O–H groups in total. The standard InChI is InChI=1S/C21H28N2O3/c1-21(2,3)16-9-11-17(12-10-16)23-20(24)22-14-19(26-5)15-7-6-8-18(13-15)25-4/h6-13,19H,14H2,1-5H3,(H2,22,23,24). The highest BCUT2D eigenvalue weighted by atomic mass is 16.5. The molecular formula is C21H28N2O3. The van der Waals surface area contributed by atoms with E-state index in [2.05, 4.69) is 31.4 Å². The van der Waals surface area contributed by atoms with Crippen molar-refractivity contribution in [2.75, 3.05) is 26.1 Å². The molecule has 1 unspecified atom stereocenters. The van der Waals surface area contributed by atoms with E-state index in [-0.39, 0.29) is 17.6 Å². The Labute approximate surface area is 155 Å². The monoisotopic (exact) mass is 356 g/mol. The minimum Gasteiger partial charge on any atom is -0.497 e. The van der Waals surface area contributed by atoms with Crippen LogP contribution in [0.1, 0.15) is 38.0 Å². The summed E-state index contributed by atoms with van der Waals surface area (Å²) in [5, 5.41) is 5.69. The number of ether oxygens (including phenoxy) is 2. The van der Waals surface area contributed by atoms with Crippen LogP contribution < -0.4 is 15.4 Å². The second kappa shape index (κ2) is 8.72. The van der Waals surface area contributed by atoms with Crippen LogP contribution in [0.25, 0.3) is 0 Å². The first kappa shape index (κ1) is 19.8. The molecule has 0 spiro atoms. The summed E-state index contributed by atoms with van der Waals surface area (Å²) in [7, 11) is 3.24. The van der Waals surface area contributed by atoms with E-state index < -0.39 is 0 Å². The average Bonchev–Trinajstić information content (AvgIpc) is 2.62. The SMILES string of the molecule is COc1cccc(C(CNC(=O)Nc2ccc(C(C)(C)C)cc2)OC)c1. The van der Waals surface area contributed by atoms with E-state index in [1.807, 2.05) is 48.5 Å². The zero-order valence-electron chi connectivity index (χ0n) is 16.1. The summed E-state index contributed by atoms with van der Waals surface area (Å²) in [6, 6.07) is 15.2. The number of nitrogens with one attached hydrogen (secondary N) is 2. The molecule has 0 fully saturated rings. The number of carbonyl (C=O) groups is 1. The third kappa shape index (κ3) is 5.49. The normalized spacial score (nSPS) is 12.3. The maximum absolute atomic E-state index is 12.2. The van der Waals surface area contributed by atoms with Gasteiger partial charge in [0.2, 0.25) is 0 Å². The smallest absolute Gasteiger partial charge is 0.319 e. The van der Waals surface area contributed by atoms with Crippen molar-refractivity contribution in [3.05, 3.63) is 59.7 Å². The maximum Gasteiger partial charge on any atom is 0.319 e. The second-order valence-electron chi connectivity index (χ2n) is 7.16. The van der Waals surface area contributed by atoms with Gasteiger partial charge in [-0.1, -0.05) is 45.0 Å². The molecule has 0 saturated heterocycles. The Kier molecular flexibility index (Phi) is 6.64. The number of anilines is 1. The van der Waals surface area contributed by atoms with Gasteiger partial charge in [-0.2, -0.15) is 0 Å².